The first-order chi connectivity index (χ1) is 8.62. The van der Waals surface area contributed by atoms with Crippen LogP contribution in [-0.2, 0) is 5.41 Å². The highest BCUT2D eigenvalue weighted by Crippen LogP contribution is 2.28. The molecule has 0 radical (unpaired) electrons. The fraction of sp³-hybridized carbons (Fsp3) is 0.600. The van der Waals surface area contributed by atoms with Crippen molar-refractivity contribution in [2.45, 2.75) is 38.2 Å². The lowest BCUT2D eigenvalue weighted by Crippen LogP contribution is -2.24. The Bertz CT molecular complexity index is 384. The molecule has 1 aliphatic heterocycles. The molecule has 1 aromatic rings. The molecule has 0 bridgehead atoms. The molecule has 1 atom stereocenters. The Morgan fingerprint density at radius 3 is 2.94 bits per heavy atom. The summed E-state index contributed by atoms with van der Waals surface area (Å²) in [6.07, 6.45) is 2.74. The summed E-state index contributed by atoms with van der Waals surface area (Å²) in [6.45, 7) is 4.24. The fourth-order valence-electron chi connectivity index (χ4n) is 2.08. The summed E-state index contributed by atoms with van der Waals surface area (Å²) < 4.78 is 6.03. The number of hydrogen-bond donors (Lipinski definition) is 1. The van der Waals surface area contributed by atoms with Crippen molar-refractivity contribution >= 4 is 11.8 Å². The molecular formula is C15H22O2S. The van der Waals surface area contributed by atoms with E-state index in [1.54, 1.807) is 0 Å². The van der Waals surface area contributed by atoms with E-state index in [1.165, 1.54) is 12.2 Å². The van der Waals surface area contributed by atoms with Crippen molar-refractivity contribution in [3.63, 3.8) is 0 Å². The van der Waals surface area contributed by atoms with Gasteiger partial charge in [-0.05, 0) is 36.3 Å². The SMILES string of the molecule is CC(C)(CO)c1cccc(OC2CCCSC2)c1. The predicted octanol–water partition coefficient (Wildman–Crippen LogP) is 3.23. The van der Waals surface area contributed by atoms with Crippen LogP contribution in [0.4, 0.5) is 0 Å². The normalized spacial score (nSPS) is 20.7. The van der Waals surface area contributed by atoms with Crippen molar-refractivity contribution in [1.82, 2.24) is 0 Å². The summed E-state index contributed by atoms with van der Waals surface area (Å²) in [7, 11) is 0. The fourth-order valence-corrected chi connectivity index (χ4v) is 3.11. The van der Waals surface area contributed by atoms with Crippen LogP contribution in [0.2, 0.25) is 0 Å². The molecule has 1 aromatic carbocycles. The van der Waals surface area contributed by atoms with Crippen LogP contribution in [0.25, 0.3) is 0 Å². The number of ether oxygens (including phenoxy) is 1. The summed E-state index contributed by atoms with van der Waals surface area (Å²) >= 11 is 1.97. The molecule has 1 saturated heterocycles. The molecule has 2 rings (SSSR count). The van der Waals surface area contributed by atoms with E-state index < -0.39 is 0 Å². The summed E-state index contributed by atoms with van der Waals surface area (Å²) in [5, 5.41) is 9.42. The van der Waals surface area contributed by atoms with E-state index >= 15 is 0 Å². The second kappa shape index (κ2) is 5.98. The van der Waals surface area contributed by atoms with Gasteiger partial charge in [-0.1, -0.05) is 26.0 Å². The minimum absolute atomic E-state index is 0.149. The van der Waals surface area contributed by atoms with Gasteiger partial charge < -0.3 is 9.84 Å². The van der Waals surface area contributed by atoms with E-state index in [1.807, 2.05) is 37.7 Å². The van der Waals surface area contributed by atoms with Crippen LogP contribution in [0.3, 0.4) is 0 Å². The van der Waals surface area contributed by atoms with Gasteiger partial charge in [-0.25, -0.2) is 0 Å². The minimum Gasteiger partial charge on any atom is -0.490 e. The number of aliphatic hydroxyl groups excluding tert-OH is 1. The van der Waals surface area contributed by atoms with Crippen molar-refractivity contribution in [2.24, 2.45) is 0 Å². The van der Waals surface area contributed by atoms with Crippen LogP contribution in [0.15, 0.2) is 24.3 Å². The highest BCUT2D eigenvalue weighted by Gasteiger charge is 2.21. The van der Waals surface area contributed by atoms with Crippen molar-refractivity contribution in [3.05, 3.63) is 29.8 Å². The first-order valence-corrected chi connectivity index (χ1v) is 7.73. The van der Waals surface area contributed by atoms with E-state index in [0.717, 1.165) is 23.5 Å². The second-order valence-electron chi connectivity index (χ2n) is 5.53. The Labute approximate surface area is 114 Å². The molecule has 18 heavy (non-hydrogen) atoms. The van der Waals surface area contributed by atoms with E-state index in [4.69, 9.17) is 4.74 Å². The molecule has 2 nitrogen and oxygen atoms in total. The van der Waals surface area contributed by atoms with E-state index in [2.05, 4.69) is 12.1 Å². The molecule has 0 aliphatic carbocycles. The smallest absolute Gasteiger partial charge is 0.120 e. The lowest BCUT2D eigenvalue weighted by molar-refractivity contribution is 0.207. The summed E-state index contributed by atoms with van der Waals surface area (Å²) in [4.78, 5) is 0. The molecule has 1 fully saturated rings. The quantitative estimate of drug-likeness (QED) is 0.907. The van der Waals surface area contributed by atoms with Gasteiger partial charge in [0, 0.05) is 11.2 Å². The Morgan fingerprint density at radius 1 is 1.44 bits per heavy atom. The van der Waals surface area contributed by atoms with Crippen molar-refractivity contribution < 1.29 is 9.84 Å². The zero-order valence-electron chi connectivity index (χ0n) is 11.2. The Kier molecular flexibility index (Phi) is 4.57. The second-order valence-corrected chi connectivity index (χ2v) is 6.68. The molecule has 0 spiro atoms. The molecular weight excluding hydrogens is 244 g/mol. The van der Waals surface area contributed by atoms with Gasteiger partial charge in [-0.2, -0.15) is 11.8 Å². The van der Waals surface area contributed by atoms with Crippen molar-refractivity contribution in [1.29, 1.82) is 0 Å². The number of rotatable bonds is 4. The number of benzene rings is 1. The number of hydrogen-bond acceptors (Lipinski definition) is 3. The largest absolute Gasteiger partial charge is 0.490 e. The van der Waals surface area contributed by atoms with Crippen LogP contribution >= 0.6 is 11.8 Å². The van der Waals surface area contributed by atoms with Gasteiger partial charge in [-0.15, -0.1) is 0 Å². The van der Waals surface area contributed by atoms with Gasteiger partial charge in [0.05, 0.1) is 6.61 Å². The topological polar surface area (TPSA) is 29.5 Å². The maximum Gasteiger partial charge on any atom is 0.120 e. The zero-order valence-corrected chi connectivity index (χ0v) is 12.0. The maximum atomic E-state index is 9.42. The summed E-state index contributed by atoms with van der Waals surface area (Å²) in [5.74, 6) is 3.28. The lowest BCUT2D eigenvalue weighted by Gasteiger charge is -2.25. The molecule has 100 valence electrons. The minimum atomic E-state index is -0.208. The molecule has 1 unspecified atom stereocenters. The van der Waals surface area contributed by atoms with E-state index in [9.17, 15) is 5.11 Å². The third-order valence-electron chi connectivity index (χ3n) is 3.43. The standard InChI is InChI=1S/C15H22O2S/c1-15(2,11-16)12-5-3-6-13(9-12)17-14-7-4-8-18-10-14/h3,5-6,9,14,16H,4,7-8,10-11H2,1-2H3. The first kappa shape index (κ1) is 13.8. The Morgan fingerprint density at radius 2 is 2.28 bits per heavy atom. The third kappa shape index (κ3) is 3.42. The van der Waals surface area contributed by atoms with Gasteiger partial charge in [-0.3, -0.25) is 0 Å². The average Bonchev–Trinajstić information content (AvgIpc) is 2.40. The van der Waals surface area contributed by atoms with Crippen LogP contribution in [0.5, 0.6) is 5.75 Å². The Hall–Kier alpha value is -0.670. The molecule has 1 N–H and O–H groups in total. The van der Waals surface area contributed by atoms with Gasteiger partial charge in [0.25, 0.3) is 0 Å². The molecule has 0 aromatic heterocycles. The number of aliphatic hydroxyl groups is 1. The van der Waals surface area contributed by atoms with Gasteiger partial charge in [0.15, 0.2) is 0 Å². The van der Waals surface area contributed by atoms with Crippen LogP contribution in [0.1, 0.15) is 32.3 Å². The monoisotopic (exact) mass is 266 g/mol. The van der Waals surface area contributed by atoms with Gasteiger partial charge in [0.2, 0.25) is 0 Å². The van der Waals surface area contributed by atoms with E-state index in [-0.39, 0.29) is 12.0 Å². The van der Waals surface area contributed by atoms with Crippen LogP contribution in [-0.4, -0.2) is 29.3 Å². The highest BCUT2D eigenvalue weighted by atomic mass is 32.2. The van der Waals surface area contributed by atoms with Crippen molar-refractivity contribution in [2.75, 3.05) is 18.1 Å². The highest BCUT2D eigenvalue weighted by molar-refractivity contribution is 7.99. The lowest BCUT2D eigenvalue weighted by atomic mass is 9.85. The summed E-state index contributed by atoms with van der Waals surface area (Å²) in [5.41, 5.74) is 0.923. The van der Waals surface area contributed by atoms with Crippen LogP contribution < -0.4 is 4.74 Å². The molecule has 1 heterocycles. The van der Waals surface area contributed by atoms with Crippen LogP contribution in [0, 0.1) is 0 Å². The molecule has 0 amide bonds. The average molecular weight is 266 g/mol. The van der Waals surface area contributed by atoms with E-state index in [0.29, 0.717) is 6.10 Å². The third-order valence-corrected chi connectivity index (χ3v) is 4.62. The number of thioether (sulfide) groups is 1. The van der Waals surface area contributed by atoms with Gasteiger partial charge >= 0.3 is 0 Å². The molecule has 3 heteroatoms. The zero-order chi connectivity index (χ0) is 13.0. The maximum absolute atomic E-state index is 9.42. The predicted molar refractivity (Wildman–Crippen MR) is 77.5 cm³/mol. The first-order valence-electron chi connectivity index (χ1n) is 6.57. The summed E-state index contributed by atoms with van der Waals surface area (Å²) in [6, 6.07) is 8.14. The van der Waals surface area contributed by atoms with Crippen molar-refractivity contribution in [3.8, 4) is 5.75 Å². The molecule has 1 aliphatic rings. The van der Waals surface area contributed by atoms with Gasteiger partial charge in [0.1, 0.15) is 11.9 Å². The Balaban J connectivity index is 2.07. The molecule has 0 saturated carbocycles.